The summed E-state index contributed by atoms with van der Waals surface area (Å²) in [5.74, 6) is 0.958. The highest BCUT2D eigenvalue weighted by atomic mass is 32.1. The molecule has 2 heterocycles. The van der Waals surface area contributed by atoms with E-state index in [0.717, 1.165) is 34.2 Å². The Morgan fingerprint density at radius 3 is 2.48 bits per heavy atom. The molecule has 0 bridgehead atoms. The van der Waals surface area contributed by atoms with Gasteiger partial charge < -0.3 is 4.74 Å². The van der Waals surface area contributed by atoms with Gasteiger partial charge in [0.2, 0.25) is 5.13 Å². The van der Waals surface area contributed by atoms with Crippen molar-refractivity contribution in [3.8, 4) is 23.0 Å². The number of anilines is 1. The topological polar surface area (TPSA) is 94.8 Å². The van der Waals surface area contributed by atoms with Gasteiger partial charge in [-0.15, -0.1) is 5.10 Å². The monoisotopic (exact) mass is 406 g/mol. The van der Waals surface area contributed by atoms with Crippen LogP contribution in [0.2, 0.25) is 0 Å². The highest BCUT2D eigenvalue weighted by Gasteiger charge is 2.18. The lowest BCUT2D eigenvalue weighted by Gasteiger charge is -2.04. The van der Waals surface area contributed by atoms with Crippen molar-refractivity contribution >= 4 is 22.6 Å². The van der Waals surface area contributed by atoms with E-state index in [-0.39, 0.29) is 5.91 Å². The molecule has 9 heteroatoms. The number of methoxy groups -OCH3 is 1. The van der Waals surface area contributed by atoms with Crippen LogP contribution in [0.3, 0.4) is 0 Å². The molecule has 0 radical (unpaired) electrons. The van der Waals surface area contributed by atoms with Crippen molar-refractivity contribution in [1.29, 1.82) is 0 Å². The van der Waals surface area contributed by atoms with Gasteiger partial charge in [0.1, 0.15) is 5.75 Å². The van der Waals surface area contributed by atoms with E-state index in [2.05, 4.69) is 25.0 Å². The van der Waals surface area contributed by atoms with Gasteiger partial charge in [0, 0.05) is 17.1 Å². The molecule has 0 aliphatic rings. The zero-order valence-electron chi connectivity index (χ0n) is 16.1. The van der Waals surface area contributed by atoms with Crippen LogP contribution in [0.5, 0.6) is 5.75 Å². The minimum absolute atomic E-state index is 0.230. The first-order chi connectivity index (χ1) is 14.0. The van der Waals surface area contributed by atoms with E-state index in [1.807, 2.05) is 50.2 Å². The first kappa shape index (κ1) is 18.8. The second kappa shape index (κ2) is 7.80. The molecule has 0 spiro atoms. The largest absolute Gasteiger partial charge is 0.497 e. The smallest absolute Gasteiger partial charge is 0.257 e. The minimum Gasteiger partial charge on any atom is -0.497 e. The van der Waals surface area contributed by atoms with Crippen molar-refractivity contribution in [2.45, 2.75) is 13.8 Å². The zero-order valence-corrected chi connectivity index (χ0v) is 16.9. The molecule has 0 aliphatic heterocycles. The Morgan fingerprint density at radius 1 is 1.07 bits per heavy atom. The number of nitrogens with one attached hydrogen (secondary N) is 1. The van der Waals surface area contributed by atoms with Crippen molar-refractivity contribution in [2.24, 2.45) is 0 Å². The lowest BCUT2D eigenvalue weighted by atomic mass is 10.1. The van der Waals surface area contributed by atoms with Crippen LogP contribution in [0, 0.1) is 13.8 Å². The summed E-state index contributed by atoms with van der Waals surface area (Å²) >= 11 is 1.10. The molecule has 2 aromatic heterocycles. The molecule has 29 heavy (non-hydrogen) atoms. The molecule has 0 unspecified atom stereocenters. The molecule has 0 atom stereocenters. The van der Waals surface area contributed by atoms with E-state index in [4.69, 9.17) is 4.74 Å². The average Bonchev–Trinajstić information content (AvgIpc) is 3.35. The Labute approximate surface area is 171 Å². The maximum Gasteiger partial charge on any atom is 0.257 e. The lowest BCUT2D eigenvalue weighted by molar-refractivity contribution is 0.102. The molecular formula is C20H18N6O2S. The number of hydrogen-bond acceptors (Lipinski definition) is 7. The van der Waals surface area contributed by atoms with Gasteiger partial charge in [0.15, 0.2) is 11.5 Å². The van der Waals surface area contributed by atoms with Crippen molar-refractivity contribution < 1.29 is 9.53 Å². The number of aromatic nitrogens is 5. The fourth-order valence-corrected chi connectivity index (χ4v) is 3.31. The Balaban J connectivity index is 1.54. The predicted molar refractivity (Wildman–Crippen MR) is 111 cm³/mol. The third-order valence-corrected chi connectivity index (χ3v) is 5.01. The highest BCUT2D eigenvalue weighted by molar-refractivity contribution is 7.10. The molecule has 4 aromatic rings. The Hall–Kier alpha value is -3.59. The number of hydrogen-bond donors (Lipinski definition) is 1. The Morgan fingerprint density at radius 2 is 1.79 bits per heavy atom. The summed E-state index contributed by atoms with van der Waals surface area (Å²) in [7, 11) is 1.62. The van der Waals surface area contributed by atoms with E-state index in [0.29, 0.717) is 22.2 Å². The molecule has 0 saturated heterocycles. The first-order valence-electron chi connectivity index (χ1n) is 8.84. The number of rotatable bonds is 5. The van der Waals surface area contributed by atoms with Gasteiger partial charge >= 0.3 is 0 Å². The number of benzene rings is 2. The number of aryl methyl sites for hydroxylation is 1. The molecule has 1 amide bonds. The molecule has 146 valence electrons. The molecule has 4 rings (SSSR count). The van der Waals surface area contributed by atoms with Gasteiger partial charge in [0.25, 0.3) is 5.91 Å². The summed E-state index contributed by atoms with van der Waals surface area (Å²) in [6.45, 7) is 3.87. The number of ether oxygens (including phenoxy) is 1. The molecule has 1 N–H and O–H groups in total. The van der Waals surface area contributed by atoms with Crippen molar-refractivity contribution in [3.63, 3.8) is 0 Å². The van der Waals surface area contributed by atoms with Gasteiger partial charge in [0.05, 0.1) is 18.5 Å². The van der Waals surface area contributed by atoms with Crippen LogP contribution in [0.1, 0.15) is 21.6 Å². The fourth-order valence-electron chi connectivity index (χ4n) is 2.75. The quantitative estimate of drug-likeness (QED) is 0.543. The van der Waals surface area contributed by atoms with E-state index >= 15 is 0 Å². The zero-order chi connectivity index (χ0) is 20.4. The summed E-state index contributed by atoms with van der Waals surface area (Å²) in [6.07, 6.45) is 0. The normalized spacial score (nSPS) is 10.7. The average molecular weight is 406 g/mol. The molecule has 0 saturated carbocycles. The molecule has 8 nitrogen and oxygen atoms in total. The Bertz CT molecular complexity index is 1150. The maximum absolute atomic E-state index is 12.4. The molecule has 0 fully saturated rings. The SMILES string of the molecule is COc1ccc(-n2nnc(-c3nsc(NC(=O)c4ccc(C)cc4)n3)c2C)cc1. The van der Waals surface area contributed by atoms with E-state index in [1.165, 1.54) is 0 Å². The summed E-state index contributed by atoms with van der Waals surface area (Å²) in [4.78, 5) is 16.8. The van der Waals surface area contributed by atoms with Crippen molar-refractivity contribution in [1.82, 2.24) is 24.4 Å². The van der Waals surface area contributed by atoms with Crippen LogP contribution in [0.4, 0.5) is 5.13 Å². The summed E-state index contributed by atoms with van der Waals surface area (Å²) in [5, 5.41) is 11.6. The van der Waals surface area contributed by atoms with Crippen LogP contribution in [-0.4, -0.2) is 37.4 Å². The predicted octanol–water partition coefficient (Wildman–Crippen LogP) is 3.66. The minimum atomic E-state index is -0.230. The molecule has 0 aliphatic carbocycles. The van der Waals surface area contributed by atoms with E-state index in [1.54, 1.807) is 23.9 Å². The van der Waals surface area contributed by atoms with E-state index < -0.39 is 0 Å². The summed E-state index contributed by atoms with van der Waals surface area (Å²) < 4.78 is 11.2. The van der Waals surface area contributed by atoms with Crippen LogP contribution < -0.4 is 10.1 Å². The number of amides is 1. The van der Waals surface area contributed by atoms with Crippen LogP contribution in [0.15, 0.2) is 48.5 Å². The van der Waals surface area contributed by atoms with Crippen LogP contribution >= 0.6 is 11.5 Å². The summed E-state index contributed by atoms with van der Waals surface area (Å²) in [6, 6.07) is 14.8. The fraction of sp³-hybridized carbons (Fsp3) is 0.150. The van der Waals surface area contributed by atoms with Gasteiger partial charge in [-0.3, -0.25) is 10.1 Å². The lowest BCUT2D eigenvalue weighted by Crippen LogP contribution is -2.11. The molecule has 2 aromatic carbocycles. The maximum atomic E-state index is 12.4. The Kier molecular flexibility index (Phi) is 5.05. The van der Waals surface area contributed by atoms with Gasteiger partial charge in [-0.2, -0.15) is 9.36 Å². The third-order valence-electron chi connectivity index (χ3n) is 4.38. The number of nitrogens with zero attached hydrogens (tertiary/aromatic N) is 5. The second-order valence-electron chi connectivity index (χ2n) is 6.38. The second-order valence-corrected chi connectivity index (χ2v) is 7.13. The highest BCUT2D eigenvalue weighted by Crippen LogP contribution is 2.24. The van der Waals surface area contributed by atoms with Crippen molar-refractivity contribution in [3.05, 3.63) is 65.4 Å². The number of carbonyl (C=O) groups excluding carboxylic acids is 1. The van der Waals surface area contributed by atoms with Gasteiger partial charge in [-0.05, 0) is 50.2 Å². The van der Waals surface area contributed by atoms with Gasteiger partial charge in [-0.25, -0.2) is 4.68 Å². The number of carbonyl (C=O) groups is 1. The van der Waals surface area contributed by atoms with Crippen LogP contribution in [-0.2, 0) is 0 Å². The van der Waals surface area contributed by atoms with E-state index in [9.17, 15) is 4.79 Å². The van der Waals surface area contributed by atoms with Crippen LogP contribution in [0.25, 0.3) is 17.2 Å². The summed E-state index contributed by atoms with van der Waals surface area (Å²) in [5.41, 5.74) is 3.87. The van der Waals surface area contributed by atoms with Crippen molar-refractivity contribution in [2.75, 3.05) is 12.4 Å². The van der Waals surface area contributed by atoms with Gasteiger partial charge in [-0.1, -0.05) is 22.9 Å². The standard InChI is InChI=1S/C20H18N6O2S/c1-12-4-6-14(7-5-12)19(27)22-20-21-18(24-29-20)17-13(2)26(25-23-17)15-8-10-16(28-3)11-9-15/h4-11H,1-3H3,(H,21,22,24,27). The molecular weight excluding hydrogens is 388 g/mol. The first-order valence-corrected chi connectivity index (χ1v) is 9.61. The third kappa shape index (κ3) is 3.85.